The zero-order valence-electron chi connectivity index (χ0n) is 14.4. The Labute approximate surface area is 138 Å². The van der Waals surface area contributed by atoms with E-state index in [-0.39, 0.29) is 12.0 Å². The number of amides is 1. The minimum Gasteiger partial charge on any atom is -0.453 e. The van der Waals surface area contributed by atoms with Gasteiger partial charge in [-0.2, -0.15) is 0 Å². The van der Waals surface area contributed by atoms with Crippen molar-refractivity contribution >= 4 is 13.7 Å². The Morgan fingerprint density at radius 2 is 1.87 bits per heavy atom. The summed E-state index contributed by atoms with van der Waals surface area (Å²) in [6.45, 7) is 5.19. The Morgan fingerprint density at radius 1 is 1.22 bits per heavy atom. The van der Waals surface area contributed by atoms with E-state index in [1.807, 2.05) is 13.8 Å². The lowest BCUT2D eigenvalue weighted by Crippen LogP contribution is -2.48. The minimum atomic E-state index is -4.14. The lowest BCUT2D eigenvalue weighted by atomic mass is 9.66. The molecule has 1 aliphatic carbocycles. The molecule has 7 heteroatoms. The number of piperidine rings is 1. The van der Waals surface area contributed by atoms with Crippen LogP contribution in [-0.2, 0) is 9.30 Å². The van der Waals surface area contributed by atoms with Crippen molar-refractivity contribution in [2.45, 2.75) is 57.5 Å². The number of methoxy groups -OCH3 is 1. The smallest absolute Gasteiger partial charge is 0.409 e. The highest BCUT2D eigenvalue weighted by Gasteiger charge is 2.52. The third kappa shape index (κ3) is 3.45. The average Bonchev–Trinajstić information content (AvgIpc) is 2.53. The summed E-state index contributed by atoms with van der Waals surface area (Å²) in [5.74, 6) is 0.963. The summed E-state index contributed by atoms with van der Waals surface area (Å²) in [6.07, 6.45) is 4.31. The number of hydrogen-bond acceptors (Lipinski definition) is 3. The van der Waals surface area contributed by atoms with E-state index < -0.39 is 12.8 Å². The standard InChI is InChI=1S/C16H30NO5P/c1-4-16(5-2,23(19,20)21)14-7-6-13-11-17(15(18)22-3)9-8-12(13)10-14/h12-14H,4-11H2,1-3H3,(H2,19,20,21)/t12-,13-,14-/m0/s1. The first-order valence-corrected chi connectivity index (χ1v) is 10.3. The van der Waals surface area contributed by atoms with E-state index in [9.17, 15) is 19.1 Å². The Bertz CT molecular complexity index is 473. The van der Waals surface area contributed by atoms with Gasteiger partial charge in [0.05, 0.1) is 12.3 Å². The summed E-state index contributed by atoms with van der Waals surface area (Å²) < 4.78 is 17.0. The first kappa shape index (κ1) is 18.8. The molecular weight excluding hydrogens is 317 g/mol. The molecule has 2 rings (SSSR count). The fraction of sp³-hybridized carbons (Fsp3) is 0.938. The van der Waals surface area contributed by atoms with Gasteiger partial charge in [-0.3, -0.25) is 4.57 Å². The van der Waals surface area contributed by atoms with Gasteiger partial charge in [0.15, 0.2) is 0 Å². The van der Waals surface area contributed by atoms with Crippen molar-refractivity contribution < 1.29 is 23.9 Å². The molecule has 1 saturated carbocycles. The number of fused-ring (bicyclic) bond motifs is 1. The molecule has 1 amide bonds. The third-order valence-electron chi connectivity index (χ3n) is 6.36. The number of carbonyl (C=O) groups excluding carboxylic acids is 1. The third-order valence-corrected chi connectivity index (χ3v) is 8.52. The van der Waals surface area contributed by atoms with Crippen LogP contribution in [-0.4, -0.2) is 46.1 Å². The van der Waals surface area contributed by atoms with E-state index in [1.165, 1.54) is 7.11 Å². The van der Waals surface area contributed by atoms with Gasteiger partial charge in [-0.1, -0.05) is 13.8 Å². The van der Waals surface area contributed by atoms with Gasteiger partial charge in [-0.15, -0.1) is 0 Å². The maximum absolute atomic E-state index is 12.2. The van der Waals surface area contributed by atoms with Crippen molar-refractivity contribution in [3.05, 3.63) is 0 Å². The van der Waals surface area contributed by atoms with Crippen LogP contribution in [0.4, 0.5) is 4.79 Å². The molecular formula is C16H30NO5P. The van der Waals surface area contributed by atoms with E-state index in [2.05, 4.69) is 0 Å². The maximum Gasteiger partial charge on any atom is 0.409 e. The van der Waals surface area contributed by atoms with Crippen molar-refractivity contribution in [2.75, 3.05) is 20.2 Å². The monoisotopic (exact) mass is 347 g/mol. The van der Waals surface area contributed by atoms with Crippen LogP contribution in [0, 0.1) is 17.8 Å². The predicted octanol–water partition coefficient (Wildman–Crippen LogP) is 3.23. The molecule has 134 valence electrons. The van der Waals surface area contributed by atoms with Crippen LogP contribution >= 0.6 is 7.60 Å². The Hall–Kier alpha value is -0.580. The molecule has 0 aromatic rings. The topological polar surface area (TPSA) is 87.1 Å². The van der Waals surface area contributed by atoms with Gasteiger partial charge in [-0.25, -0.2) is 4.79 Å². The van der Waals surface area contributed by atoms with E-state index in [1.54, 1.807) is 4.90 Å². The van der Waals surface area contributed by atoms with Crippen LogP contribution in [0.3, 0.4) is 0 Å². The second-order valence-corrected chi connectivity index (χ2v) is 9.07. The molecule has 2 fully saturated rings. The molecule has 0 radical (unpaired) electrons. The van der Waals surface area contributed by atoms with Crippen LogP contribution < -0.4 is 0 Å². The maximum atomic E-state index is 12.2. The first-order chi connectivity index (χ1) is 10.8. The molecule has 0 aromatic heterocycles. The Balaban J connectivity index is 2.10. The molecule has 0 bridgehead atoms. The molecule has 2 N–H and O–H groups in total. The van der Waals surface area contributed by atoms with Gasteiger partial charge in [0.1, 0.15) is 0 Å². The normalized spacial score (nSPS) is 29.1. The molecule has 0 aromatic carbocycles. The summed E-state index contributed by atoms with van der Waals surface area (Å²) in [5, 5.41) is -0.878. The largest absolute Gasteiger partial charge is 0.453 e. The SMILES string of the molecule is CCC(CC)([C@H]1CC[C@H]2CN(C(=O)OC)CC[C@H]2C1)P(=O)(O)O. The van der Waals surface area contributed by atoms with Crippen molar-refractivity contribution in [2.24, 2.45) is 17.8 Å². The molecule has 0 spiro atoms. The number of carbonyl (C=O) groups is 1. The first-order valence-electron chi connectivity index (χ1n) is 8.67. The summed E-state index contributed by atoms with van der Waals surface area (Å²) in [5.41, 5.74) is 0. The zero-order chi connectivity index (χ0) is 17.3. The van der Waals surface area contributed by atoms with Gasteiger partial charge >= 0.3 is 13.7 Å². The molecule has 3 atom stereocenters. The molecule has 2 aliphatic rings. The van der Waals surface area contributed by atoms with Crippen molar-refractivity contribution in [1.82, 2.24) is 4.90 Å². The van der Waals surface area contributed by atoms with Crippen LogP contribution in [0.15, 0.2) is 0 Å². The fourth-order valence-corrected chi connectivity index (χ4v) is 6.41. The van der Waals surface area contributed by atoms with Crippen LogP contribution in [0.1, 0.15) is 52.4 Å². The average molecular weight is 347 g/mol. The second-order valence-electron chi connectivity index (χ2n) is 7.09. The number of likely N-dealkylation sites (tertiary alicyclic amines) is 1. The minimum absolute atomic E-state index is 0.0734. The fourth-order valence-electron chi connectivity index (χ4n) is 4.88. The summed E-state index contributed by atoms with van der Waals surface area (Å²) >= 11 is 0. The van der Waals surface area contributed by atoms with E-state index in [4.69, 9.17) is 4.74 Å². The quantitative estimate of drug-likeness (QED) is 0.763. The molecule has 1 saturated heterocycles. The van der Waals surface area contributed by atoms with Crippen LogP contribution in [0.5, 0.6) is 0 Å². The van der Waals surface area contributed by atoms with Gasteiger partial charge in [0.2, 0.25) is 0 Å². The summed E-state index contributed by atoms with van der Waals surface area (Å²) in [6, 6.07) is 0. The van der Waals surface area contributed by atoms with Gasteiger partial charge < -0.3 is 19.4 Å². The van der Waals surface area contributed by atoms with Gasteiger partial charge in [0, 0.05) is 13.1 Å². The zero-order valence-corrected chi connectivity index (χ0v) is 15.3. The van der Waals surface area contributed by atoms with E-state index in [0.29, 0.717) is 37.8 Å². The Morgan fingerprint density at radius 3 is 2.39 bits per heavy atom. The number of rotatable bonds is 4. The molecule has 0 unspecified atom stereocenters. The van der Waals surface area contributed by atoms with E-state index >= 15 is 0 Å². The van der Waals surface area contributed by atoms with Gasteiger partial charge in [-0.05, 0) is 56.3 Å². The van der Waals surface area contributed by atoms with Crippen molar-refractivity contribution in [1.29, 1.82) is 0 Å². The molecule has 6 nitrogen and oxygen atoms in total. The van der Waals surface area contributed by atoms with Gasteiger partial charge in [0.25, 0.3) is 0 Å². The highest BCUT2D eigenvalue weighted by molar-refractivity contribution is 7.53. The second kappa shape index (κ2) is 7.12. The molecule has 1 aliphatic heterocycles. The number of hydrogen-bond donors (Lipinski definition) is 2. The predicted molar refractivity (Wildman–Crippen MR) is 88.3 cm³/mol. The van der Waals surface area contributed by atoms with Crippen LogP contribution in [0.2, 0.25) is 0 Å². The lowest BCUT2D eigenvalue weighted by Gasteiger charge is -2.48. The number of nitrogens with zero attached hydrogens (tertiary/aromatic N) is 1. The van der Waals surface area contributed by atoms with Crippen molar-refractivity contribution in [3.8, 4) is 0 Å². The summed E-state index contributed by atoms with van der Waals surface area (Å²) in [4.78, 5) is 33.4. The molecule has 1 heterocycles. The lowest BCUT2D eigenvalue weighted by molar-refractivity contribution is 0.0431. The molecule has 23 heavy (non-hydrogen) atoms. The Kier molecular flexibility index (Phi) is 5.81. The highest BCUT2D eigenvalue weighted by atomic mass is 31.2. The van der Waals surface area contributed by atoms with Crippen molar-refractivity contribution in [3.63, 3.8) is 0 Å². The highest BCUT2D eigenvalue weighted by Crippen LogP contribution is 2.62. The van der Waals surface area contributed by atoms with Crippen LogP contribution in [0.25, 0.3) is 0 Å². The summed E-state index contributed by atoms with van der Waals surface area (Å²) in [7, 11) is -2.73. The number of ether oxygens (including phenoxy) is 1. The van der Waals surface area contributed by atoms with E-state index in [0.717, 1.165) is 25.7 Å².